The Morgan fingerprint density at radius 2 is 1.66 bits per heavy atom. The molecule has 0 heterocycles. The number of carbonyl (C=O) groups excluding carboxylic acids is 1. The summed E-state index contributed by atoms with van der Waals surface area (Å²) >= 11 is 0. The molecule has 1 aliphatic rings. The van der Waals surface area contributed by atoms with Crippen LogP contribution in [-0.4, -0.2) is 24.4 Å². The molecule has 0 aromatic heterocycles. The van der Waals surface area contributed by atoms with Crippen molar-refractivity contribution in [2.75, 3.05) is 6.61 Å². The molecule has 0 radical (unpaired) electrons. The van der Waals surface area contributed by atoms with Gasteiger partial charge in [0.25, 0.3) is 0 Å². The SMILES string of the molecule is CCCCCCCC1(F)CCC(C(F)COC(=O)c2ccccc2-c2cc(F)c(F)c(F)c2)CC1. The molecule has 35 heavy (non-hydrogen) atoms. The molecule has 0 N–H and O–H groups in total. The standard InChI is InChI=1S/C28H33F5O2/c1-2-3-4-5-8-13-28(33)14-11-19(12-15-28)25(31)18-35-27(34)22-10-7-6-9-21(22)20-16-23(29)26(32)24(30)17-20/h6-7,9-10,16-17,19,25H,2-5,8,11-15,18H2,1H3. The third-order valence-electron chi connectivity index (χ3n) is 6.98. The summed E-state index contributed by atoms with van der Waals surface area (Å²) in [6, 6.07) is 7.50. The van der Waals surface area contributed by atoms with Crippen molar-refractivity contribution in [3.05, 3.63) is 59.4 Å². The van der Waals surface area contributed by atoms with Gasteiger partial charge in [-0.25, -0.2) is 26.7 Å². The van der Waals surface area contributed by atoms with E-state index in [1.54, 1.807) is 6.07 Å². The smallest absolute Gasteiger partial charge is 0.338 e. The normalized spacial score (nSPS) is 21.0. The van der Waals surface area contributed by atoms with Crippen molar-refractivity contribution in [2.24, 2.45) is 5.92 Å². The van der Waals surface area contributed by atoms with Gasteiger partial charge in [-0.05, 0) is 67.3 Å². The average molecular weight is 497 g/mol. The van der Waals surface area contributed by atoms with Gasteiger partial charge in [0.15, 0.2) is 17.5 Å². The first kappa shape index (κ1) is 27.2. The number of carbonyl (C=O) groups is 1. The number of unbranched alkanes of at least 4 members (excludes halogenated alkanes) is 4. The van der Waals surface area contributed by atoms with Crippen LogP contribution < -0.4 is 0 Å². The van der Waals surface area contributed by atoms with E-state index in [0.29, 0.717) is 32.1 Å². The largest absolute Gasteiger partial charge is 0.459 e. The topological polar surface area (TPSA) is 26.3 Å². The quantitative estimate of drug-likeness (QED) is 0.135. The zero-order valence-electron chi connectivity index (χ0n) is 20.1. The van der Waals surface area contributed by atoms with Gasteiger partial charge in [0.2, 0.25) is 0 Å². The van der Waals surface area contributed by atoms with Crippen molar-refractivity contribution in [2.45, 2.75) is 83.0 Å². The van der Waals surface area contributed by atoms with Gasteiger partial charge in [-0.15, -0.1) is 0 Å². The second-order valence-corrected chi connectivity index (χ2v) is 9.57. The number of ether oxygens (including phenoxy) is 1. The maximum absolute atomic E-state index is 15.1. The van der Waals surface area contributed by atoms with Crippen molar-refractivity contribution < 1.29 is 31.5 Å². The Hall–Kier alpha value is -2.44. The number of hydrogen-bond donors (Lipinski definition) is 0. The Labute approximate surface area is 203 Å². The zero-order chi connectivity index (χ0) is 25.4. The Bertz CT molecular complexity index is 962. The predicted molar refractivity (Wildman–Crippen MR) is 126 cm³/mol. The number of esters is 1. The summed E-state index contributed by atoms with van der Waals surface area (Å²) in [6.45, 7) is 1.65. The van der Waals surface area contributed by atoms with Gasteiger partial charge in [-0.1, -0.05) is 57.2 Å². The molecule has 0 spiro atoms. The van der Waals surface area contributed by atoms with E-state index < -0.39 is 41.9 Å². The highest BCUT2D eigenvalue weighted by atomic mass is 19.2. The summed E-state index contributed by atoms with van der Waals surface area (Å²) in [7, 11) is 0. The lowest BCUT2D eigenvalue weighted by atomic mass is 9.76. The number of hydrogen-bond acceptors (Lipinski definition) is 2. The van der Waals surface area contributed by atoms with Gasteiger partial charge >= 0.3 is 5.97 Å². The highest BCUT2D eigenvalue weighted by molar-refractivity contribution is 5.97. The lowest BCUT2D eigenvalue weighted by molar-refractivity contribution is 0.0117. The second-order valence-electron chi connectivity index (χ2n) is 9.57. The van der Waals surface area contributed by atoms with Crippen LogP contribution in [0, 0.1) is 23.4 Å². The van der Waals surface area contributed by atoms with Crippen LogP contribution in [0.2, 0.25) is 0 Å². The van der Waals surface area contributed by atoms with Crippen molar-refractivity contribution >= 4 is 5.97 Å². The first-order valence-corrected chi connectivity index (χ1v) is 12.5. The van der Waals surface area contributed by atoms with Gasteiger partial charge in [0, 0.05) is 0 Å². The van der Waals surface area contributed by atoms with Crippen LogP contribution in [-0.2, 0) is 4.74 Å². The van der Waals surface area contributed by atoms with Gasteiger partial charge in [-0.2, -0.15) is 0 Å². The van der Waals surface area contributed by atoms with Crippen LogP contribution in [0.25, 0.3) is 11.1 Å². The van der Waals surface area contributed by atoms with E-state index in [1.165, 1.54) is 18.2 Å². The number of halogens is 5. The Morgan fingerprint density at radius 3 is 2.31 bits per heavy atom. The van der Waals surface area contributed by atoms with Gasteiger partial charge in [0.05, 0.1) is 5.56 Å². The third kappa shape index (κ3) is 7.28. The highest BCUT2D eigenvalue weighted by Crippen LogP contribution is 2.40. The predicted octanol–water partition coefficient (Wildman–Crippen LogP) is 8.52. The second kappa shape index (κ2) is 12.5. The molecule has 0 aliphatic heterocycles. The Kier molecular flexibility index (Phi) is 9.70. The Balaban J connectivity index is 1.54. The minimum atomic E-state index is -1.60. The summed E-state index contributed by atoms with van der Waals surface area (Å²) in [4.78, 5) is 12.6. The first-order chi connectivity index (χ1) is 16.7. The molecule has 3 rings (SSSR count). The highest BCUT2D eigenvalue weighted by Gasteiger charge is 2.37. The number of alkyl halides is 2. The molecule has 192 valence electrons. The van der Waals surface area contributed by atoms with E-state index in [-0.39, 0.29) is 22.6 Å². The fourth-order valence-electron chi connectivity index (χ4n) is 4.81. The fourth-order valence-corrected chi connectivity index (χ4v) is 4.81. The molecule has 7 heteroatoms. The number of rotatable bonds is 11. The molecule has 2 aromatic carbocycles. The summed E-state index contributed by atoms with van der Waals surface area (Å²) in [5, 5.41) is 0. The third-order valence-corrected chi connectivity index (χ3v) is 6.98. The van der Waals surface area contributed by atoms with Crippen LogP contribution in [0.5, 0.6) is 0 Å². The molecule has 0 saturated heterocycles. The van der Waals surface area contributed by atoms with E-state index in [0.717, 1.165) is 44.2 Å². The molecule has 1 saturated carbocycles. The van der Waals surface area contributed by atoms with Gasteiger partial charge in [-0.3, -0.25) is 0 Å². The van der Waals surface area contributed by atoms with Gasteiger partial charge in [0.1, 0.15) is 18.4 Å². The van der Waals surface area contributed by atoms with Crippen molar-refractivity contribution in [3.8, 4) is 11.1 Å². The van der Waals surface area contributed by atoms with E-state index in [1.807, 2.05) is 0 Å². The fraction of sp³-hybridized carbons (Fsp3) is 0.536. The molecule has 2 aromatic rings. The molecule has 0 bridgehead atoms. The average Bonchev–Trinajstić information content (AvgIpc) is 2.85. The maximum atomic E-state index is 15.1. The summed E-state index contributed by atoms with van der Waals surface area (Å²) in [5.41, 5.74) is -1.14. The zero-order valence-corrected chi connectivity index (χ0v) is 20.1. The monoisotopic (exact) mass is 496 g/mol. The van der Waals surface area contributed by atoms with E-state index in [4.69, 9.17) is 4.74 Å². The van der Waals surface area contributed by atoms with Crippen LogP contribution >= 0.6 is 0 Å². The summed E-state index contributed by atoms with van der Waals surface area (Å²) in [5.74, 6) is -5.60. The van der Waals surface area contributed by atoms with Crippen LogP contribution in [0.3, 0.4) is 0 Å². The van der Waals surface area contributed by atoms with Crippen molar-refractivity contribution in [3.63, 3.8) is 0 Å². The summed E-state index contributed by atoms with van der Waals surface area (Å²) < 4.78 is 75.8. The number of benzene rings is 2. The molecular formula is C28H33F5O2. The van der Waals surface area contributed by atoms with Gasteiger partial charge < -0.3 is 4.74 Å². The lowest BCUT2D eigenvalue weighted by Gasteiger charge is -2.35. The van der Waals surface area contributed by atoms with E-state index in [9.17, 15) is 22.4 Å². The molecule has 1 unspecified atom stereocenters. The minimum Gasteiger partial charge on any atom is -0.459 e. The first-order valence-electron chi connectivity index (χ1n) is 12.5. The summed E-state index contributed by atoms with van der Waals surface area (Å²) in [6.07, 6.45) is 5.77. The lowest BCUT2D eigenvalue weighted by Crippen LogP contribution is -2.34. The van der Waals surface area contributed by atoms with E-state index in [2.05, 4.69) is 6.92 Å². The van der Waals surface area contributed by atoms with Crippen molar-refractivity contribution in [1.82, 2.24) is 0 Å². The molecular weight excluding hydrogens is 463 g/mol. The Morgan fingerprint density at radius 1 is 1.03 bits per heavy atom. The molecule has 0 amide bonds. The molecule has 2 nitrogen and oxygen atoms in total. The molecule has 1 fully saturated rings. The maximum Gasteiger partial charge on any atom is 0.338 e. The molecule has 1 atom stereocenters. The molecule has 1 aliphatic carbocycles. The van der Waals surface area contributed by atoms with Crippen LogP contribution in [0.4, 0.5) is 22.0 Å². The minimum absolute atomic E-state index is 0.0143. The van der Waals surface area contributed by atoms with E-state index >= 15 is 4.39 Å². The van der Waals surface area contributed by atoms with Crippen molar-refractivity contribution in [1.29, 1.82) is 0 Å². The van der Waals surface area contributed by atoms with Crippen LogP contribution in [0.15, 0.2) is 36.4 Å². The van der Waals surface area contributed by atoms with Crippen LogP contribution in [0.1, 0.15) is 81.5 Å².